The molecular formula is C22H24N6O3. The summed E-state index contributed by atoms with van der Waals surface area (Å²) in [5, 5.41) is 14.8. The molecule has 3 aromatic rings. The number of rotatable bonds is 3. The van der Waals surface area contributed by atoms with E-state index in [2.05, 4.69) is 39.0 Å². The number of aryl methyl sites for hydroxylation is 1. The van der Waals surface area contributed by atoms with E-state index in [1.165, 1.54) is 10.5 Å². The summed E-state index contributed by atoms with van der Waals surface area (Å²) in [5.41, 5.74) is 4.41. The Morgan fingerprint density at radius 1 is 1.10 bits per heavy atom. The molecule has 1 aromatic carbocycles. The molecule has 31 heavy (non-hydrogen) atoms. The molecule has 1 N–H and O–H groups in total. The van der Waals surface area contributed by atoms with E-state index in [-0.39, 0.29) is 0 Å². The number of anilines is 1. The topological polar surface area (TPSA) is 96.6 Å². The summed E-state index contributed by atoms with van der Waals surface area (Å²) in [4.78, 5) is 23.7. The second kappa shape index (κ2) is 7.99. The number of hydrogen-bond donors (Lipinski definition) is 1. The van der Waals surface area contributed by atoms with Gasteiger partial charge in [-0.3, -0.25) is 0 Å². The van der Waals surface area contributed by atoms with E-state index < -0.39 is 6.09 Å². The van der Waals surface area contributed by atoms with E-state index in [0.29, 0.717) is 32.7 Å². The first-order valence-electron chi connectivity index (χ1n) is 10.4. The van der Waals surface area contributed by atoms with E-state index >= 15 is 0 Å². The molecule has 2 aromatic heterocycles. The van der Waals surface area contributed by atoms with Crippen LogP contribution in [0, 0.1) is 6.92 Å². The summed E-state index contributed by atoms with van der Waals surface area (Å²) in [6, 6.07) is 6.22. The molecule has 0 spiro atoms. The number of hydrogen-bond acceptors (Lipinski definition) is 6. The molecule has 0 saturated carbocycles. The van der Waals surface area contributed by atoms with Gasteiger partial charge in [0.05, 0.1) is 24.9 Å². The van der Waals surface area contributed by atoms with Crippen LogP contribution in [0.1, 0.15) is 17.5 Å². The van der Waals surface area contributed by atoms with Crippen molar-refractivity contribution in [2.75, 3.05) is 44.3 Å². The lowest BCUT2D eigenvalue weighted by Crippen LogP contribution is -2.36. The van der Waals surface area contributed by atoms with Crippen LogP contribution in [-0.2, 0) is 4.74 Å². The average Bonchev–Trinajstić information content (AvgIpc) is 3.22. The van der Waals surface area contributed by atoms with E-state index in [4.69, 9.17) is 4.74 Å². The highest BCUT2D eigenvalue weighted by atomic mass is 16.5. The second-order valence-corrected chi connectivity index (χ2v) is 7.82. The number of fused-ring (bicyclic) bond motifs is 1. The van der Waals surface area contributed by atoms with Crippen LogP contribution in [0.5, 0.6) is 0 Å². The number of ether oxygens (including phenoxy) is 1. The van der Waals surface area contributed by atoms with Crippen LogP contribution >= 0.6 is 0 Å². The van der Waals surface area contributed by atoms with E-state index in [1.54, 1.807) is 6.33 Å². The molecule has 2 aliphatic heterocycles. The van der Waals surface area contributed by atoms with Crippen molar-refractivity contribution in [3.63, 3.8) is 0 Å². The number of carbonyl (C=O) groups is 1. The van der Waals surface area contributed by atoms with Gasteiger partial charge in [-0.1, -0.05) is 6.08 Å². The van der Waals surface area contributed by atoms with Gasteiger partial charge in [-0.25, -0.2) is 19.4 Å². The molecule has 5 rings (SSSR count). The standard InChI is InChI=1S/C22H24N6O3/c1-15-10-17-13-25-28(21-12-20(23-14-24-21)26-6-8-31-9-7-26)19(17)11-18(15)16-2-4-27(5-3-16)22(29)30/h2,10-14H,3-9H2,1H3,(H,29,30). The van der Waals surface area contributed by atoms with Gasteiger partial charge >= 0.3 is 6.09 Å². The smallest absolute Gasteiger partial charge is 0.407 e. The summed E-state index contributed by atoms with van der Waals surface area (Å²) >= 11 is 0. The maximum atomic E-state index is 11.2. The molecule has 1 fully saturated rings. The number of nitrogens with zero attached hydrogens (tertiary/aromatic N) is 6. The Labute approximate surface area is 179 Å². The Kier molecular flexibility index (Phi) is 5.03. The lowest BCUT2D eigenvalue weighted by molar-refractivity contribution is 0.122. The molecule has 0 aliphatic carbocycles. The molecule has 2 aliphatic rings. The van der Waals surface area contributed by atoms with E-state index in [0.717, 1.165) is 46.8 Å². The van der Waals surface area contributed by atoms with Crippen LogP contribution in [0.3, 0.4) is 0 Å². The van der Waals surface area contributed by atoms with Crippen LogP contribution in [-0.4, -0.2) is 75.2 Å². The third-order valence-electron chi connectivity index (χ3n) is 5.93. The van der Waals surface area contributed by atoms with Crippen molar-refractivity contribution in [2.24, 2.45) is 0 Å². The zero-order valence-electron chi connectivity index (χ0n) is 17.4. The number of carboxylic acid groups (broad SMARTS) is 1. The molecule has 0 bridgehead atoms. The summed E-state index contributed by atoms with van der Waals surface area (Å²) in [6.45, 7) is 6.01. The minimum absolute atomic E-state index is 0.413. The quantitative estimate of drug-likeness (QED) is 0.696. The maximum Gasteiger partial charge on any atom is 0.407 e. The molecule has 9 nitrogen and oxygen atoms in total. The van der Waals surface area contributed by atoms with Gasteiger partial charge in [0.15, 0.2) is 5.82 Å². The van der Waals surface area contributed by atoms with Gasteiger partial charge in [0.2, 0.25) is 0 Å². The lowest BCUT2D eigenvalue weighted by Gasteiger charge is -2.27. The molecule has 0 atom stereocenters. The van der Waals surface area contributed by atoms with Gasteiger partial charge in [0.1, 0.15) is 12.1 Å². The van der Waals surface area contributed by atoms with Crippen molar-refractivity contribution >= 4 is 28.4 Å². The zero-order valence-corrected chi connectivity index (χ0v) is 17.4. The fourth-order valence-electron chi connectivity index (χ4n) is 4.22. The van der Waals surface area contributed by atoms with Crippen LogP contribution in [0.25, 0.3) is 22.3 Å². The van der Waals surface area contributed by atoms with Crippen molar-refractivity contribution in [1.82, 2.24) is 24.6 Å². The molecule has 0 radical (unpaired) electrons. The first-order valence-corrected chi connectivity index (χ1v) is 10.4. The molecule has 1 amide bonds. The lowest BCUT2D eigenvalue weighted by atomic mass is 9.94. The third-order valence-corrected chi connectivity index (χ3v) is 5.93. The predicted molar refractivity (Wildman–Crippen MR) is 117 cm³/mol. The Hall–Kier alpha value is -3.46. The molecule has 9 heteroatoms. The summed E-state index contributed by atoms with van der Waals surface area (Å²) in [5.74, 6) is 1.59. The number of benzene rings is 1. The molecule has 1 saturated heterocycles. The van der Waals surface area contributed by atoms with Gasteiger partial charge in [0, 0.05) is 37.6 Å². The van der Waals surface area contributed by atoms with E-state index in [9.17, 15) is 9.90 Å². The van der Waals surface area contributed by atoms with Gasteiger partial charge in [-0.15, -0.1) is 0 Å². The molecule has 160 valence electrons. The maximum absolute atomic E-state index is 11.2. The van der Waals surface area contributed by atoms with Gasteiger partial charge in [-0.2, -0.15) is 5.10 Å². The molecule has 0 unspecified atom stereocenters. The Bertz CT molecular complexity index is 1170. The van der Waals surface area contributed by atoms with Crippen molar-refractivity contribution in [3.05, 3.63) is 47.9 Å². The Morgan fingerprint density at radius 3 is 2.65 bits per heavy atom. The predicted octanol–water partition coefficient (Wildman–Crippen LogP) is 2.73. The normalized spacial score (nSPS) is 17.1. The van der Waals surface area contributed by atoms with Crippen LogP contribution in [0.4, 0.5) is 10.6 Å². The van der Waals surface area contributed by atoms with Crippen LogP contribution < -0.4 is 4.90 Å². The zero-order chi connectivity index (χ0) is 21.4. The Balaban J connectivity index is 1.51. The van der Waals surface area contributed by atoms with Gasteiger partial charge in [-0.05, 0) is 42.2 Å². The van der Waals surface area contributed by atoms with Crippen molar-refractivity contribution in [2.45, 2.75) is 13.3 Å². The van der Waals surface area contributed by atoms with Crippen LogP contribution in [0.15, 0.2) is 36.8 Å². The highest BCUT2D eigenvalue weighted by Crippen LogP contribution is 2.30. The minimum atomic E-state index is -0.875. The van der Waals surface area contributed by atoms with E-state index in [1.807, 2.05) is 23.0 Å². The number of aromatic nitrogens is 4. The minimum Gasteiger partial charge on any atom is -0.465 e. The third kappa shape index (κ3) is 3.72. The molecular weight excluding hydrogens is 396 g/mol. The largest absolute Gasteiger partial charge is 0.465 e. The first kappa shape index (κ1) is 19.5. The first-order chi connectivity index (χ1) is 15.1. The van der Waals surface area contributed by atoms with Crippen molar-refractivity contribution in [1.29, 1.82) is 0 Å². The fraction of sp³-hybridized carbons (Fsp3) is 0.364. The van der Waals surface area contributed by atoms with Crippen LogP contribution in [0.2, 0.25) is 0 Å². The summed E-state index contributed by atoms with van der Waals surface area (Å²) in [7, 11) is 0. The summed E-state index contributed by atoms with van der Waals surface area (Å²) in [6.07, 6.45) is 5.26. The fourth-order valence-corrected chi connectivity index (χ4v) is 4.22. The van der Waals surface area contributed by atoms with Crippen molar-refractivity contribution in [3.8, 4) is 5.82 Å². The van der Waals surface area contributed by atoms with Gasteiger partial charge in [0.25, 0.3) is 0 Å². The molecule has 4 heterocycles. The highest BCUT2D eigenvalue weighted by molar-refractivity contribution is 5.86. The Morgan fingerprint density at radius 2 is 1.90 bits per heavy atom. The summed E-state index contributed by atoms with van der Waals surface area (Å²) < 4.78 is 7.28. The highest BCUT2D eigenvalue weighted by Gasteiger charge is 2.19. The SMILES string of the molecule is Cc1cc2cnn(-c3cc(N4CCOCC4)ncn3)c2cc1C1=CCN(C(=O)O)CC1. The monoisotopic (exact) mass is 420 g/mol. The second-order valence-electron chi connectivity index (χ2n) is 7.82. The van der Waals surface area contributed by atoms with Crippen molar-refractivity contribution < 1.29 is 14.6 Å². The average molecular weight is 420 g/mol. The number of morpholine rings is 1. The number of amides is 1. The van der Waals surface area contributed by atoms with Gasteiger partial charge < -0.3 is 19.6 Å².